The SMILES string of the molecule is Cc1ccn2ncnc2c1NC(=O)NC1CCCc2ccccc2C1. The van der Waals surface area contributed by atoms with Crippen LogP contribution in [0, 0.1) is 6.92 Å². The number of hydrogen-bond acceptors (Lipinski definition) is 3. The lowest BCUT2D eigenvalue weighted by Gasteiger charge is -2.18. The summed E-state index contributed by atoms with van der Waals surface area (Å²) in [5.41, 5.74) is 5.05. The normalized spacial score (nSPS) is 16.9. The van der Waals surface area contributed by atoms with Crippen LogP contribution in [0.3, 0.4) is 0 Å². The minimum Gasteiger partial charge on any atom is -0.335 e. The number of nitrogens with zero attached hydrogens (tertiary/aromatic N) is 3. The topological polar surface area (TPSA) is 71.3 Å². The first-order valence-electron chi connectivity index (χ1n) is 8.64. The first-order chi connectivity index (χ1) is 12.2. The van der Waals surface area contributed by atoms with Crippen molar-refractivity contribution in [1.82, 2.24) is 19.9 Å². The maximum absolute atomic E-state index is 12.5. The van der Waals surface area contributed by atoms with Gasteiger partial charge in [0.1, 0.15) is 6.33 Å². The van der Waals surface area contributed by atoms with Crippen molar-refractivity contribution in [2.24, 2.45) is 0 Å². The maximum atomic E-state index is 12.5. The first kappa shape index (κ1) is 15.6. The van der Waals surface area contributed by atoms with Gasteiger partial charge < -0.3 is 10.6 Å². The lowest BCUT2D eigenvalue weighted by atomic mass is 10.0. The highest BCUT2D eigenvalue weighted by Gasteiger charge is 2.19. The second-order valence-corrected chi connectivity index (χ2v) is 6.56. The van der Waals surface area contributed by atoms with Gasteiger partial charge in [-0.1, -0.05) is 24.3 Å². The Kier molecular flexibility index (Phi) is 4.09. The van der Waals surface area contributed by atoms with E-state index in [0.29, 0.717) is 11.3 Å². The Balaban J connectivity index is 1.49. The number of carbonyl (C=O) groups excluding carboxylic acids is 1. The summed E-state index contributed by atoms with van der Waals surface area (Å²) in [5, 5.41) is 10.2. The second-order valence-electron chi connectivity index (χ2n) is 6.56. The number of aromatic nitrogens is 3. The Bertz CT molecular complexity index is 917. The molecular formula is C19H21N5O. The van der Waals surface area contributed by atoms with Crippen molar-refractivity contribution in [2.45, 2.75) is 38.6 Å². The summed E-state index contributed by atoms with van der Waals surface area (Å²) in [6.45, 7) is 1.95. The standard InChI is InChI=1S/C19H21N5O/c1-13-9-10-24-18(20-12-21-24)17(13)23-19(25)22-16-8-4-7-14-5-2-3-6-15(14)11-16/h2-3,5-6,9-10,12,16H,4,7-8,11H2,1H3,(H2,22,23,25). The second kappa shape index (κ2) is 6.55. The zero-order valence-electron chi connectivity index (χ0n) is 14.2. The predicted octanol–water partition coefficient (Wildman–Crippen LogP) is 3.11. The summed E-state index contributed by atoms with van der Waals surface area (Å²) in [6.07, 6.45) is 7.34. The van der Waals surface area contributed by atoms with Crippen LogP contribution in [0.1, 0.15) is 29.5 Å². The van der Waals surface area contributed by atoms with Crippen LogP contribution in [-0.2, 0) is 12.8 Å². The third-order valence-electron chi connectivity index (χ3n) is 4.81. The molecule has 25 heavy (non-hydrogen) atoms. The quantitative estimate of drug-likeness (QED) is 0.707. The van der Waals surface area contributed by atoms with Gasteiger partial charge in [-0.3, -0.25) is 0 Å². The Morgan fingerprint density at radius 1 is 1.24 bits per heavy atom. The van der Waals surface area contributed by atoms with Gasteiger partial charge in [0.15, 0.2) is 5.65 Å². The summed E-state index contributed by atoms with van der Waals surface area (Å²) in [5.74, 6) is 0. The molecular weight excluding hydrogens is 314 g/mol. The van der Waals surface area contributed by atoms with Crippen LogP contribution in [0.25, 0.3) is 5.65 Å². The number of anilines is 1. The molecule has 2 amide bonds. The van der Waals surface area contributed by atoms with Gasteiger partial charge in [-0.15, -0.1) is 0 Å². The first-order valence-corrected chi connectivity index (χ1v) is 8.64. The molecule has 0 radical (unpaired) electrons. The molecule has 2 N–H and O–H groups in total. The van der Waals surface area contributed by atoms with E-state index in [-0.39, 0.29) is 12.1 Å². The highest BCUT2D eigenvalue weighted by atomic mass is 16.2. The third-order valence-corrected chi connectivity index (χ3v) is 4.81. The van der Waals surface area contributed by atoms with Gasteiger partial charge >= 0.3 is 6.03 Å². The molecule has 4 rings (SSSR count). The van der Waals surface area contributed by atoms with E-state index in [9.17, 15) is 4.79 Å². The van der Waals surface area contributed by atoms with Gasteiger partial charge in [-0.05, 0) is 55.4 Å². The molecule has 0 saturated carbocycles. The lowest BCUT2D eigenvalue weighted by molar-refractivity contribution is 0.247. The fraction of sp³-hybridized carbons (Fsp3) is 0.316. The summed E-state index contributed by atoms with van der Waals surface area (Å²) < 4.78 is 1.66. The van der Waals surface area contributed by atoms with Gasteiger partial charge in [0.2, 0.25) is 0 Å². The number of carbonyl (C=O) groups is 1. The van der Waals surface area contributed by atoms with Crippen molar-refractivity contribution in [1.29, 1.82) is 0 Å². The minimum absolute atomic E-state index is 0.140. The lowest BCUT2D eigenvalue weighted by Crippen LogP contribution is -2.39. The zero-order chi connectivity index (χ0) is 17.2. The molecule has 1 aliphatic rings. The molecule has 2 heterocycles. The van der Waals surface area contributed by atoms with E-state index < -0.39 is 0 Å². The van der Waals surface area contributed by atoms with Crippen LogP contribution in [0.15, 0.2) is 42.9 Å². The van der Waals surface area contributed by atoms with Crippen LogP contribution in [0.4, 0.5) is 10.5 Å². The van der Waals surface area contributed by atoms with E-state index in [0.717, 1.165) is 31.2 Å². The van der Waals surface area contributed by atoms with E-state index in [4.69, 9.17) is 0 Å². The fourth-order valence-corrected chi connectivity index (χ4v) is 3.50. The van der Waals surface area contributed by atoms with Crippen molar-refractivity contribution >= 4 is 17.4 Å². The summed E-state index contributed by atoms with van der Waals surface area (Å²) in [6, 6.07) is 10.4. The van der Waals surface area contributed by atoms with Crippen LogP contribution in [0.5, 0.6) is 0 Å². The highest BCUT2D eigenvalue weighted by molar-refractivity contribution is 5.94. The Hall–Kier alpha value is -2.89. The van der Waals surface area contributed by atoms with Crippen LogP contribution >= 0.6 is 0 Å². The molecule has 0 fully saturated rings. The van der Waals surface area contributed by atoms with Gasteiger partial charge in [-0.2, -0.15) is 5.10 Å². The molecule has 128 valence electrons. The van der Waals surface area contributed by atoms with Gasteiger partial charge in [0.05, 0.1) is 5.69 Å². The maximum Gasteiger partial charge on any atom is 0.319 e. The van der Waals surface area contributed by atoms with E-state index in [1.807, 2.05) is 19.2 Å². The van der Waals surface area contributed by atoms with Crippen molar-refractivity contribution in [2.75, 3.05) is 5.32 Å². The molecule has 0 aliphatic heterocycles. The van der Waals surface area contributed by atoms with Crippen LogP contribution in [-0.4, -0.2) is 26.7 Å². The number of rotatable bonds is 2. The van der Waals surface area contributed by atoms with Crippen molar-refractivity contribution in [3.05, 3.63) is 59.5 Å². The average molecular weight is 335 g/mol. The molecule has 3 aromatic rings. The van der Waals surface area contributed by atoms with Crippen molar-refractivity contribution in [3.63, 3.8) is 0 Å². The molecule has 1 atom stereocenters. The van der Waals surface area contributed by atoms with Gasteiger partial charge in [0.25, 0.3) is 0 Å². The number of pyridine rings is 1. The minimum atomic E-state index is -0.191. The number of fused-ring (bicyclic) bond motifs is 2. The van der Waals surface area contributed by atoms with Gasteiger partial charge in [0, 0.05) is 12.2 Å². The molecule has 0 spiro atoms. The number of nitrogens with one attached hydrogen (secondary N) is 2. The molecule has 0 bridgehead atoms. The number of amides is 2. The summed E-state index contributed by atoms with van der Waals surface area (Å²) in [7, 11) is 0. The number of benzene rings is 1. The molecule has 0 saturated heterocycles. The third kappa shape index (κ3) is 3.20. The highest BCUT2D eigenvalue weighted by Crippen LogP contribution is 2.22. The smallest absolute Gasteiger partial charge is 0.319 e. The molecule has 1 aromatic carbocycles. The predicted molar refractivity (Wildman–Crippen MR) is 96.8 cm³/mol. The monoisotopic (exact) mass is 335 g/mol. The number of hydrogen-bond donors (Lipinski definition) is 2. The van der Waals surface area contributed by atoms with E-state index in [1.165, 1.54) is 17.5 Å². The summed E-state index contributed by atoms with van der Waals surface area (Å²) >= 11 is 0. The Morgan fingerprint density at radius 2 is 2.08 bits per heavy atom. The fourth-order valence-electron chi connectivity index (χ4n) is 3.50. The largest absolute Gasteiger partial charge is 0.335 e. The van der Waals surface area contributed by atoms with Crippen molar-refractivity contribution < 1.29 is 4.79 Å². The Morgan fingerprint density at radius 3 is 2.96 bits per heavy atom. The van der Waals surface area contributed by atoms with Crippen molar-refractivity contribution in [3.8, 4) is 0 Å². The summed E-state index contributed by atoms with van der Waals surface area (Å²) in [4.78, 5) is 16.8. The average Bonchev–Trinajstić information content (AvgIpc) is 2.98. The van der Waals surface area contributed by atoms with E-state index in [2.05, 4.69) is 45.0 Å². The molecule has 1 aliphatic carbocycles. The Labute approximate surface area is 146 Å². The molecule has 1 unspecified atom stereocenters. The van der Waals surface area contributed by atoms with Crippen LogP contribution in [0.2, 0.25) is 0 Å². The van der Waals surface area contributed by atoms with E-state index >= 15 is 0 Å². The zero-order valence-corrected chi connectivity index (χ0v) is 14.2. The van der Waals surface area contributed by atoms with E-state index in [1.54, 1.807) is 4.52 Å². The number of urea groups is 1. The molecule has 6 heteroatoms. The van der Waals surface area contributed by atoms with Crippen LogP contribution < -0.4 is 10.6 Å². The number of aryl methyl sites for hydroxylation is 2. The molecule has 6 nitrogen and oxygen atoms in total. The molecule has 2 aromatic heterocycles. The van der Waals surface area contributed by atoms with Gasteiger partial charge in [-0.25, -0.2) is 14.3 Å².